The lowest BCUT2D eigenvalue weighted by Crippen LogP contribution is -2.55. The highest BCUT2D eigenvalue weighted by atomic mass is 19.1. The first-order chi connectivity index (χ1) is 16.9. The van der Waals surface area contributed by atoms with Gasteiger partial charge in [0.25, 0.3) is 5.91 Å². The van der Waals surface area contributed by atoms with Crippen LogP contribution < -0.4 is 10.2 Å². The molecule has 3 saturated heterocycles. The molecule has 0 spiro atoms. The Balaban J connectivity index is 1.31. The molecule has 4 aliphatic rings. The van der Waals surface area contributed by atoms with Gasteiger partial charge >= 0.3 is 0 Å². The third kappa shape index (κ3) is 4.93. The Hall–Kier alpha value is -2.52. The fourth-order valence-corrected chi connectivity index (χ4v) is 5.96. The molecule has 1 aliphatic carbocycles. The molecule has 2 amide bonds. The number of fused-ring (bicyclic) bond motifs is 1. The lowest BCUT2D eigenvalue weighted by Gasteiger charge is -2.34. The number of ketones is 1. The third-order valence-corrected chi connectivity index (χ3v) is 8.08. The Morgan fingerprint density at radius 3 is 2.43 bits per heavy atom. The monoisotopic (exact) mass is 486 g/mol. The van der Waals surface area contributed by atoms with Gasteiger partial charge in [0, 0.05) is 37.4 Å². The zero-order valence-electron chi connectivity index (χ0n) is 20.3. The van der Waals surface area contributed by atoms with Crippen LogP contribution >= 0.6 is 0 Å². The van der Waals surface area contributed by atoms with Crippen LogP contribution in [-0.2, 0) is 14.3 Å². The predicted molar refractivity (Wildman–Crippen MR) is 129 cm³/mol. The minimum absolute atomic E-state index is 0.0284. The summed E-state index contributed by atoms with van der Waals surface area (Å²) in [5, 5.41) is 2.97. The summed E-state index contributed by atoms with van der Waals surface area (Å²) < 4.78 is 19.9. The van der Waals surface area contributed by atoms with Crippen molar-refractivity contribution in [2.75, 3.05) is 51.3 Å². The number of Topliss-reactive ketones (excluding diaryl/α,β-unsaturated/α-hetero) is 1. The van der Waals surface area contributed by atoms with Crippen LogP contribution in [0.15, 0.2) is 24.3 Å². The van der Waals surface area contributed by atoms with Crippen LogP contribution in [0.25, 0.3) is 0 Å². The lowest BCUT2D eigenvalue weighted by molar-refractivity contribution is -0.139. The molecule has 4 fully saturated rings. The van der Waals surface area contributed by atoms with Crippen LogP contribution in [0.3, 0.4) is 0 Å². The molecule has 9 heteroatoms. The molecule has 1 saturated carbocycles. The van der Waals surface area contributed by atoms with E-state index in [4.69, 9.17) is 4.74 Å². The average molecular weight is 487 g/mol. The molecule has 3 aliphatic heterocycles. The number of likely N-dealkylation sites (tertiary alicyclic amines) is 1. The van der Waals surface area contributed by atoms with Crippen molar-refractivity contribution in [2.24, 2.45) is 5.92 Å². The molecular weight excluding hydrogens is 451 g/mol. The van der Waals surface area contributed by atoms with Crippen molar-refractivity contribution in [3.63, 3.8) is 0 Å². The summed E-state index contributed by atoms with van der Waals surface area (Å²) in [5.41, 5.74) is 1.56. The van der Waals surface area contributed by atoms with Gasteiger partial charge in [-0.05, 0) is 50.1 Å². The molecule has 8 nitrogen and oxygen atoms in total. The topological polar surface area (TPSA) is 82.2 Å². The largest absolute Gasteiger partial charge is 0.369 e. The highest BCUT2D eigenvalue weighted by Gasteiger charge is 2.54. The molecule has 1 aromatic carbocycles. The van der Waals surface area contributed by atoms with Crippen LogP contribution in [0.1, 0.15) is 42.5 Å². The summed E-state index contributed by atoms with van der Waals surface area (Å²) in [6, 6.07) is 5.82. The van der Waals surface area contributed by atoms with E-state index in [0.717, 1.165) is 64.0 Å². The zero-order valence-corrected chi connectivity index (χ0v) is 20.3. The van der Waals surface area contributed by atoms with Gasteiger partial charge in [-0.1, -0.05) is 19.3 Å². The molecular formula is C26H35FN4O4. The molecule has 0 unspecified atom stereocenters. The summed E-state index contributed by atoms with van der Waals surface area (Å²) in [4.78, 5) is 45.2. The molecule has 0 aromatic heterocycles. The highest BCUT2D eigenvalue weighted by Crippen LogP contribution is 2.33. The van der Waals surface area contributed by atoms with E-state index in [1.165, 1.54) is 4.90 Å². The van der Waals surface area contributed by atoms with Gasteiger partial charge in [-0.3, -0.25) is 14.4 Å². The number of carbonyl (C=O) groups excluding carboxylic acids is 3. The van der Waals surface area contributed by atoms with Crippen molar-refractivity contribution in [3.8, 4) is 0 Å². The van der Waals surface area contributed by atoms with Crippen LogP contribution in [0.2, 0.25) is 0 Å². The minimum Gasteiger partial charge on any atom is -0.369 e. The molecule has 0 radical (unpaired) electrons. The molecule has 4 atom stereocenters. The molecule has 190 valence electrons. The SMILES string of the molecule is CN1CCN(c2ccc(C(=O)N[C@H](C(=O)N3C[C@@H](F)[C@H]4OCC(=O)[C@H]43)C3CCCCC3)cc2)CC1. The summed E-state index contributed by atoms with van der Waals surface area (Å²) >= 11 is 0. The Labute approximate surface area is 205 Å². The number of nitrogens with zero attached hydrogens (tertiary/aromatic N) is 3. The first-order valence-corrected chi connectivity index (χ1v) is 12.9. The van der Waals surface area contributed by atoms with Gasteiger partial charge in [-0.25, -0.2) is 4.39 Å². The van der Waals surface area contributed by atoms with Crippen LogP contribution in [0.5, 0.6) is 0 Å². The minimum atomic E-state index is -1.39. The van der Waals surface area contributed by atoms with Crippen molar-refractivity contribution < 1.29 is 23.5 Å². The van der Waals surface area contributed by atoms with Gasteiger partial charge in [0.15, 0.2) is 5.78 Å². The van der Waals surface area contributed by atoms with Crippen LogP contribution in [0, 0.1) is 5.92 Å². The number of likely N-dealkylation sites (N-methyl/N-ethyl adjacent to an activating group) is 1. The van der Waals surface area contributed by atoms with Gasteiger partial charge in [0.1, 0.15) is 31.0 Å². The molecule has 35 heavy (non-hydrogen) atoms. The molecule has 1 aromatic rings. The first kappa shape index (κ1) is 24.2. The lowest BCUT2D eigenvalue weighted by atomic mass is 9.83. The van der Waals surface area contributed by atoms with E-state index in [-0.39, 0.29) is 36.7 Å². The van der Waals surface area contributed by atoms with E-state index in [0.29, 0.717) is 5.56 Å². The standard InChI is InChI=1S/C26H35FN4O4/c1-29-11-13-30(14-12-29)19-9-7-18(8-10-19)25(33)28-22(17-5-3-2-4-6-17)26(34)31-15-20(27)24-23(31)21(32)16-35-24/h7-10,17,20,22-24H,2-6,11-16H2,1H3,(H,28,33)/t20-,22+,23-,24-/m1/s1. The number of amides is 2. The number of hydrogen-bond donors (Lipinski definition) is 1. The number of halogens is 1. The molecule has 3 heterocycles. The van der Waals surface area contributed by atoms with Crippen molar-refractivity contribution >= 4 is 23.3 Å². The number of hydrogen-bond acceptors (Lipinski definition) is 6. The number of rotatable bonds is 5. The maximum absolute atomic E-state index is 14.5. The van der Waals surface area contributed by atoms with E-state index in [9.17, 15) is 18.8 Å². The smallest absolute Gasteiger partial charge is 0.251 e. The maximum atomic E-state index is 14.5. The van der Waals surface area contributed by atoms with Gasteiger partial charge in [0.05, 0.1) is 6.54 Å². The maximum Gasteiger partial charge on any atom is 0.251 e. The Morgan fingerprint density at radius 1 is 1.06 bits per heavy atom. The fraction of sp³-hybridized carbons (Fsp3) is 0.654. The second-order valence-electron chi connectivity index (χ2n) is 10.4. The third-order valence-electron chi connectivity index (χ3n) is 8.08. The van der Waals surface area contributed by atoms with Crippen molar-refractivity contribution in [2.45, 2.75) is 56.5 Å². The van der Waals surface area contributed by atoms with Crippen molar-refractivity contribution in [1.29, 1.82) is 0 Å². The molecule has 5 rings (SSSR count). The number of alkyl halides is 1. The number of benzene rings is 1. The second kappa shape index (κ2) is 10.2. The summed E-state index contributed by atoms with van der Waals surface area (Å²) in [7, 11) is 2.11. The van der Waals surface area contributed by atoms with E-state index in [1.807, 2.05) is 12.1 Å². The van der Waals surface area contributed by atoms with Crippen molar-refractivity contribution in [3.05, 3.63) is 29.8 Å². The van der Waals surface area contributed by atoms with E-state index < -0.39 is 24.4 Å². The van der Waals surface area contributed by atoms with E-state index in [1.54, 1.807) is 12.1 Å². The summed E-state index contributed by atoms with van der Waals surface area (Å²) in [6.07, 6.45) is 2.45. The second-order valence-corrected chi connectivity index (χ2v) is 10.4. The van der Waals surface area contributed by atoms with Crippen molar-refractivity contribution in [1.82, 2.24) is 15.1 Å². The average Bonchev–Trinajstić information content (AvgIpc) is 3.43. The van der Waals surface area contributed by atoms with Gasteiger partial charge in [-0.2, -0.15) is 0 Å². The normalized spacial score (nSPS) is 28.7. The van der Waals surface area contributed by atoms with E-state index in [2.05, 4.69) is 22.2 Å². The van der Waals surface area contributed by atoms with Gasteiger partial charge < -0.3 is 24.8 Å². The number of ether oxygens (including phenoxy) is 1. The quantitative estimate of drug-likeness (QED) is 0.682. The van der Waals surface area contributed by atoms with Crippen LogP contribution in [0.4, 0.5) is 10.1 Å². The Bertz CT molecular complexity index is 943. The first-order valence-electron chi connectivity index (χ1n) is 12.9. The number of anilines is 1. The molecule has 0 bridgehead atoms. The number of piperazine rings is 1. The predicted octanol–water partition coefficient (Wildman–Crippen LogP) is 1.63. The summed E-state index contributed by atoms with van der Waals surface area (Å²) in [5.74, 6) is -0.982. The highest BCUT2D eigenvalue weighted by molar-refractivity contribution is 5.99. The van der Waals surface area contributed by atoms with Gasteiger partial charge in [-0.15, -0.1) is 0 Å². The Kier molecular flexibility index (Phi) is 7.07. The summed E-state index contributed by atoms with van der Waals surface area (Å²) in [6.45, 7) is 3.54. The number of nitrogens with one attached hydrogen (secondary N) is 1. The van der Waals surface area contributed by atoms with E-state index >= 15 is 0 Å². The zero-order chi connectivity index (χ0) is 24.5. The fourth-order valence-electron chi connectivity index (χ4n) is 5.96. The molecule has 1 N–H and O–H groups in total. The van der Waals surface area contributed by atoms with Gasteiger partial charge in [0.2, 0.25) is 5.91 Å². The van der Waals surface area contributed by atoms with Crippen LogP contribution in [-0.4, -0.2) is 98.1 Å². The Morgan fingerprint density at radius 2 is 1.74 bits per heavy atom. The number of carbonyl (C=O) groups is 3.